The number of carbonyl (C=O) groups excluding carboxylic acids is 1. The van der Waals surface area contributed by atoms with Gasteiger partial charge in [0.2, 0.25) is 5.91 Å². The molecular formula is C15H21NO3. The van der Waals surface area contributed by atoms with Crippen LogP contribution in [0.4, 0.5) is 0 Å². The molecule has 2 saturated carbocycles. The summed E-state index contributed by atoms with van der Waals surface area (Å²) in [5, 5.41) is 11.9. The first-order valence-electron chi connectivity index (χ1n) is 7.32. The second kappa shape index (κ2) is 4.99. The van der Waals surface area contributed by atoms with Gasteiger partial charge in [-0.25, -0.2) is 0 Å². The molecule has 0 aromatic heterocycles. The van der Waals surface area contributed by atoms with E-state index < -0.39 is 11.9 Å². The van der Waals surface area contributed by atoms with E-state index in [9.17, 15) is 9.59 Å². The standard InChI is InChI=1S/C15H21NO3/c17-14(8-12-6-9-1-2-10(12)5-9)16-13-4-3-11(7-13)15(18)19/h3-4,9-13H,1-2,5-8H2,(H,16,17)(H,18,19). The minimum Gasteiger partial charge on any atom is -0.481 e. The van der Waals surface area contributed by atoms with Gasteiger partial charge in [-0.3, -0.25) is 9.59 Å². The van der Waals surface area contributed by atoms with Crippen LogP contribution < -0.4 is 5.32 Å². The molecule has 4 nitrogen and oxygen atoms in total. The van der Waals surface area contributed by atoms with Crippen LogP contribution >= 0.6 is 0 Å². The Labute approximate surface area is 113 Å². The van der Waals surface area contributed by atoms with E-state index in [1.807, 2.05) is 6.08 Å². The van der Waals surface area contributed by atoms with Crippen molar-refractivity contribution in [3.63, 3.8) is 0 Å². The summed E-state index contributed by atoms with van der Waals surface area (Å²) in [6.45, 7) is 0. The monoisotopic (exact) mass is 263 g/mol. The number of hydrogen-bond acceptors (Lipinski definition) is 2. The number of carboxylic acids is 1. The summed E-state index contributed by atoms with van der Waals surface area (Å²) in [7, 11) is 0. The fraction of sp³-hybridized carbons (Fsp3) is 0.733. The lowest BCUT2D eigenvalue weighted by atomic mass is 9.86. The lowest BCUT2D eigenvalue weighted by Crippen LogP contribution is -2.35. The molecular weight excluding hydrogens is 242 g/mol. The molecule has 5 atom stereocenters. The molecule has 2 N–H and O–H groups in total. The molecule has 0 aromatic rings. The van der Waals surface area contributed by atoms with Gasteiger partial charge < -0.3 is 10.4 Å². The average molecular weight is 263 g/mol. The molecule has 0 saturated heterocycles. The van der Waals surface area contributed by atoms with Crippen LogP contribution in [0.25, 0.3) is 0 Å². The van der Waals surface area contributed by atoms with Gasteiger partial charge in [0.25, 0.3) is 0 Å². The summed E-state index contributed by atoms with van der Waals surface area (Å²) in [6, 6.07) is -0.0906. The van der Waals surface area contributed by atoms with Crippen LogP contribution in [0.15, 0.2) is 12.2 Å². The molecule has 0 radical (unpaired) electrons. The van der Waals surface area contributed by atoms with Crippen molar-refractivity contribution in [2.75, 3.05) is 0 Å². The maximum absolute atomic E-state index is 12.0. The summed E-state index contributed by atoms with van der Waals surface area (Å²) in [4.78, 5) is 22.8. The van der Waals surface area contributed by atoms with Gasteiger partial charge >= 0.3 is 5.97 Å². The quantitative estimate of drug-likeness (QED) is 0.762. The molecule has 3 rings (SSSR count). The van der Waals surface area contributed by atoms with Crippen molar-refractivity contribution in [2.24, 2.45) is 23.7 Å². The van der Waals surface area contributed by atoms with Crippen molar-refractivity contribution in [1.82, 2.24) is 5.32 Å². The van der Waals surface area contributed by atoms with Gasteiger partial charge in [-0.1, -0.05) is 18.6 Å². The molecule has 0 aromatic carbocycles. The molecule has 19 heavy (non-hydrogen) atoms. The first kappa shape index (κ1) is 12.7. The van der Waals surface area contributed by atoms with Crippen molar-refractivity contribution < 1.29 is 14.7 Å². The van der Waals surface area contributed by atoms with Crippen molar-refractivity contribution in [3.05, 3.63) is 12.2 Å². The molecule has 1 amide bonds. The van der Waals surface area contributed by atoms with Gasteiger partial charge in [-0.2, -0.15) is 0 Å². The van der Waals surface area contributed by atoms with E-state index in [1.165, 1.54) is 25.7 Å². The molecule has 0 heterocycles. The Morgan fingerprint density at radius 1 is 1.16 bits per heavy atom. The van der Waals surface area contributed by atoms with Crippen LogP contribution in [-0.2, 0) is 9.59 Å². The van der Waals surface area contributed by atoms with E-state index in [2.05, 4.69) is 5.32 Å². The second-order valence-electron chi connectivity index (χ2n) is 6.38. The number of amides is 1. The van der Waals surface area contributed by atoms with Gasteiger partial charge in [0, 0.05) is 12.5 Å². The zero-order valence-electron chi connectivity index (χ0n) is 11.0. The van der Waals surface area contributed by atoms with Crippen LogP contribution in [0, 0.1) is 23.7 Å². The van der Waals surface area contributed by atoms with E-state index in [1.54, 1.807) is 6.08 Å². The Morgan fingerprint density at radius 2 is 2.00 bits per heavy atom. The van der Waals surface area contributed by atoms with Gasteiger partial charge in [0.1, 0.15) is 0 Å². The fourth-order valence-corrected chi connectivity index (χ4v) is 4.12. The average Bonchev–Trinajstić information content (AvgIpc) is 3.03. The molecule has 4 heteroatoms. The fourth-order valence-electron chi connectivity index (χ4n) is 4.12. The maximum atomic E-state index is 12.0. The Kier molecular flexibility index (Phi) is 3.33. The topological polar surface area (TPSA) is 66.4 Å². The third-order valence-electron chi connectivity index (χ3n) is 5.08. The second-order valence-corrected chi connectivity index (χ2v) is 6.38. The molecule has 2 bridgehead atoms. The number of aliphatic carboxylic acids is 1. The number of carboxylic acid groups (broad SMARTS) is 1. The predicted octanol–water partition coefficient (Wildman–Crippen LogP) is 1.96. The van der Waals surface area contributed by atoms with Gasteiger partial charge in [-0.15, -0.1) is 0 Å². The third-order valence-corrected chi connectivity index (χ3v) is 5.08. The van der Waals surface area contributed by atoms with Gasteiger partial charge in [0.15, 0.2) is 0 Å². The van der Waals surface area contributed by atoms with E-state index in [0.29, 0.717) is 18.8 Å². The first-order chi connectivity index (χ1) is 9.11. The van der Waals surface area contributed by atoms with E-state index in [0.717, 1.165) is 11.8 Å². The minimum absolute atomic E-state index is 0.0906. The number of hydrogen-bond donors (Lipinski definition) is 2. The SMILES string of the molecule is O=C(CC1CC2CCC1C2)NC1C=CC(C(=O)O)C1. The summed E-state index contributed by atoms with van der Waals surface area (Å²) in [5.74, 6) is 1.05. The van der Waals surface area contributed by atoms with Crippen molar-refractivity contribution in [1.29, 1.82) is 0 Å². The highest BCUT2D eigenvalue weighted by molar-refractivity contribution is 5.78. The minimum atomic E-state index is -0.805. The number of nitrogens with one attached hydrogen (secondary N) is 1. The number of rotatable bonds is 4. The van der Waals surface area contributed by atoms with Crippen LogP contribution in [0.5, 0.6) is 0 Å². The highest BCUT2D eigenvalue weighted by Gasteiger charge is 2.40. The Hall–Kier alpha value is -1.32. The Bertz CT molecular complexity index is 418. The zero-order chi connectivity index (χ0) is 13.4. The summed E-state index contributed by atoms with van der Waals surface area (Å²) in [6.07, 6.45) is 9.82. The molecule has 104 valence electrons. The summed E-state index contributed by atoms with van der Waals surface area (Å²) >= 11 is 0. The normalized spacial score (nSPS) is 39.7. The smallest absolute Gasteiger partial charge is 0.310 e. The Balaban J connectivity index is 1.45. The first-order valence-corrected chi connectivity index (χ1v) is 7.32. The zero-order valence-corrected chi connectivity index (χ0v) is 11.0. The van der Waals surface area contributed by atoms with Crippen LogP contribution in [-0.4, -0.2) is 23.0 Å². The molecule has 0 aliphatic heterocycles. The molecule has 3 aliphatic carbocycles. The van der Waals surface area contributed by atoms with Crippen LogP contribution in [0.1, 0.15) is 38.5 Å². The molecule has 0 spiro atoms. The largest absolute Gasteiger partial charge is 0.481 e. The number of fused-ring (bicyclic) bond motifs is 2. The van der Waals surface area contributed by atoms with E-state index >= 15 is 0 Å². The van der Waals surface area contributed by atoms with Gasteiger partial charge in [0.05, 0.1) is 5.92 Å². The highest BCUT2D eigenvalue weighted by Crippen LogP contribution is 2.49. The van der Waals surface area contributed by atoms with Crippen LogP contribution in [0.3, 0.4) is 0 Å². The van der Waals surface area contributed by atoms with Crippen molar-refractivity contribution in [2.45, 2.75) is 44.6 Å². The lowest BCUT2D eigenvalue weighted by Gasteiger charge is -2.22. The Morgan fingerprint density at radius 3 is 2.58 bits per heavy atom. The predicted molar refractivity (Wildman–Crippen MR) is 70.4 cm³/mol. The summed E-state index contributed by atoms with van der Waals surface area (Å²) in [5.41, 5.74) is 0. The summed E-state index contributed by atoms with van der Waals surface area (Å²) < 4.78 is 0. The molecule has 2 fully saturated rings. The maximum Gasteiger partial charge on any atom is 0.310 e. The third kappa shape index (κ3) is 2.67. The van der Waals surface area contributed by atoms with E-state index in [4.69, 9.17) is 5.11 Å². The molecule has 3 aliphatic rings. The highest BCUT2D eigenvalue weighted by atomic mass is 16.4. The number of carbonyl (C=O) groups is 2. The van der Waals surface area contributed by atoms with Crippen molar-refractivity contribution >= 4 is 11.9 Å². The lowest BCUT2D eigenvalue weighted by molar-refractivity contribution is -0.140. The van der Waals surface area contributed by atoms with E-state index in [-0.39, 0.29) is 11.9 Å². The molecule has 5 unspecified atom stereocenters. The van der Waals surface area contributed by atoms with Crippen LogP contribution in [0.2, 0.25) is 0 Å². The van der Waals surface area contributed by atoms with Gasteiger partial charge in [-0.05, 0) is 43.4 Å². The van der Waals surface area contributed by atoms with Crippen molar-refractivity contribution in [3.8, 4) is 0 Å².